The summed E-state index contributed by atoms with van der Waals surface area (Å²) in [5, 5.41) is 4.00. The zero-order valence-electron chi connectivity index (χ0n) is 18.4. The van der Waals surface area contributed by atoms with Crippen LogP contribution in [0.1, 0.15) is 71.1 Å². The van der Waals surface area contributed by atoms with Crippen LogP contribution in [0.5, 0.6) is 5.75 Å². The lowest BCUT2D eigenvalue weighted by Gasteiger charge is -2.30. The highest BCUT2D eigenvalue weighted by atomic mass is 32.2. The number of hydrogen-bond donors (Lipinski definition) is 1. The topological polar surface area (TPSA) is 59.9 Å². The van der Waals surface area contributed by atoms with Gasteiger partial charge in [-0.2, -0.15) is 0 Å². The van der Waals surface area contributed by atoms with Crippen LogP contribution in [0.25, 0.3) is 0 Å². The molecule has 0 bridgehead atoms. The van der Waals surface area contributed by atoms with Gasteiger partial charge in [0.2, 0.25) is 0 Å². The number of benzene rings is 1. The lowest BCUT2D eigenvalue weighted by atomic mass is 9.81. The minimum Gasteiger partial charge on any atom is -0.484 e. The molecule has 0 saturated heterocycles. The maximum Gasteiger partial charge on any atom is 0.407 e. The van der Waals surface area contributed by atoms with E-state index in [2.05, 4.69) is 52.3 Å². The molecule has 1 aromatic carbocycles. The number of rotatable bonds is 2. The Labute approximate surface area is 172 Å². The summed E-state index contributed by atoms with van der Waals surface area (Å²) >= 11 is 1.69. The zero-order chi connectivity index (χ0) is 21.1. The van der Waals surface area contributed by atoms with E-state index in [1.54, 1.807) is 11.8 Å². The normalized spacial score (nSPS) is 24.9. The first kappa shape index (κ1) is 21.0. The quantitative estimate of drug-likeness (QED) is 0.711. The molecule has 0 aliphatic carbocycles. The van der Waals surface area contributed by atoms with Crippen molar-refractivity contribution in [2.75, 3.05) is 12.8 Å². The minimum absolute atomic E-state index is 0.135. The number of aliphatic imine (C=N–C) groups is 1. The van der Waals surface area contributed by atoms with Gasteiger partial charge in [-0.05, 0) is 66.4 Å². The van der Waals surface area contributed by atoms with Gasteiger partial charge in [-0.25, -0.2) is 9.79 Å². The van der Waals surface area contributed by atoms with Crippen LogP contribution in [0.4, 0.5) is 10.5 Å². The summed E-state index contributed by atoms with van der Waals surface area (Å²) in [7, 11) is 0. The summed E-state index contributed by atoms with van der Waals surface area (Å²) < 4.78 is 11.9. The maximum atomic E-state index is 12.2. The maximum absolute atomic E-state index is 12.2. The van der Waals surface area contributed by atoms with E-state index in [1.165, 1.54) is 16.7 Å². The molecule has 0 spiro atoms. The molecular formula is C22H32N2O3S. The molecule has 1 N–H and O–H groups in total. The second kappa shape index (κ2) is 6.68. The van der Waals surface area contributed by atoms with E-state index in [-0.39, 0.29) is 11.3 Å². The van der Waals surface area contributed by atoms with Crippen LogP contribution in [-0.4, -0.2) is 35.1 Å². The third-order valence-electron chi connectivity index (χ3n) is 5.74. The third kappa shape index (κ3) is 3.40. The number of amides is 1. The van der Waals surface area contributed by atoms with Gasteiger partial charge in [0.1, 0.15) is 17.0 Å². The third-order valence-corrected chi connectivity index (χ3v) is 6.73. The molecule has 2 heterocycles. The molecule has 1 amide bonds. The number of fused-ring (bicyclic) bond motifs is 3. The predicted molar refractivity (Wildman–Crippen MR) is 116 cm³/mol. The van der Waals surface area contributed by atoms with Crippen molar-refractivity contribution in [3.8, 4) is 5.75 Å². The number of carbonyl (C=O) groups excluding carboxylic acids is 1. The Kier molecular flexibility index (Phi) is 5.02. The Morgan fingerprint density at radius 2 is 2.00 bits per heavy atom. The van der Waals surface area contributed by atoms with Gasteiger partial charge in [0.15, 0.2) is 0 Å². The number of aryl methyl sites for hydroxylation is 1. The highest BCUT2D eigenvalue weighted by Gasteiger charge is 2.48. The number of nitrogens with one attached hydrogen (secondary N) is 1. The van der Waals surface area contributed by atoms with Crippen molar-refractivity contribution >= 4 is 28.6 Å². The number of thioether (sulfide) groups is 1. The van der Waals surface area contributed by atoms with Gasteiger partial charge in [-0.15, -0.1) is 11.8 Å². The Morgan fingerprint density at radius 1 is 1.36 bits per heavy atom. The minimum atomic E-state index is -0.543. The van der Waals surface area contributed by atoms with Crippen molar-refractivity contribution in [1.29, 1.82) is 0 Å². The number of alkyl carbamates (subject to hydrolysis) is 1. The molecule has 3 rings (SSSR count). The predicted octanol–water partition coefficient (Wildman–Crippen LogP) is 5.46. The average molecular weight is 405 g/mol. The molecule has 2 atom stereocenters. The Bertz CT molecular complexity index is 854. The molecule has 5 nitrogen and oxygen atoms in total. The molecule has 28 heavy (non-hydrogen) atoms. The van der Waals surface area contributed by atoms with Crippen molar-refractivity contribution in [3.63, 3.8) is 0 Å². The zero-order valence-corrected chi connectivity index (χ0v) is 19.3. The van der Waals surface area contributed by atoms with E-state index in [1.807, 2.05) is 20.8 Å². The van der Waals surface area contributed by atoms with Gasteiger partial charge < -0.3 is 14.8 Å². The summed E-state index contributed by atoms with van der Waals surface area (Å²) in [4.78, 5) is 17.1. The van der Waals surface area contributed by atoms with Crippen LogP contribution >= 0.6 is 11.8 Å². The van der Waals surface area contributed by atoms with E-state index >= 15 is 0 Å². The molecule has 154 valence electrons. The first-order chi connectivity index (χ1) is 12.8. The Hall–Kier alpha value is -1.69. The molecule has 0 unspecified atom stereocenters. The van der Waals surface area contributed by atoms with Gasteiger partial charge in [0, 0.05) is 22.5 Å². The second-order valence-electron chi connectivity index (χ2n) is 9.57. The van der Waals surface area contributed by atoms with Crippen molar-refractivity contribution in [3.05, 3.63) is 22.8 Å². The number of carbonyl (C=O) groups is 1. The molecule has 0 radical (unpaired) electrons. The highest BCUT2D eigenvalue weighted by Crippen LogP contribution is 2.56. The van der Waals surface area contributed by atoms with E-state index in [0.717, 1.165) is 16.5 Å². The van der Waals surface area contributed by atoms with Crippen LogP contribution in [0.15, 0.2) is 11.1 Å². The molecule has 0 aromatic heterocycles. The summed E-state index contributed by atoms with van der Waals surface area (Å²) in [6, 6.07) is 2.19. The summed E-state index contributed by atoms with van der Waals surface area (Å²) in [6.45, 7) is 16.7. The van der Waals surface area contributed by atoms with Crippen LogP contribution in [0.2, 0.25) is 0 Å². The summed E-state index contributed by atoms with van der Waals surface area (Å²) in [5.74, 6) is 1.06. The smallest absolute Gasteiger partial charge is 0.407 e. The highest BCUT2D eigenvalue weighted by molar-refractivity contribution is 8.13. The van der Waals surface area contributed by atoms with Crippen molar-refractivity contribution in [2.45, 2.75) is 77.9 Å². The molecule has 1 aromatic rings. The van der Waals surface area contributed by atoms with Crippen LogP contribution < -0.4 is 10.1 Å². The standard InChI is InChI=1S/C22H32N2O3S/c1-12-10-14-13(2)22(8,11-23-19(25)27-20(3,4)5)26-17(14)15-16(12)24-18(28-9)21(15,6)7/h10,13H,11H2,1-9H3,(H,23,25)/t13-,22-/m0/s1. The van der Waals surface area contributed by atoms with E-state index in [0.29, 0.717) is 6.54 Å². The van der Waals surface area contributed by atoms with Gasteiger partial charge in [0.25, 0.3) is 0 Å². The van der Waals surface area contributed by atoms with Crippen LogP contribution in [0, 0.1) is 6.92 Å². The van der Waals surface area contributed by atoms with Crippen molar-refractivity contribution < 1.29 is 14.3 Å². The van der Waals surface area contributed by atoms with Gasteiger partial charge in [0.05, 0.1) is 17.3 Å². The number of hydrogen-bond acceptors (Lipinski definition) is 5. The Balaban J connectivity index is 1.91. The molecule has 2 aliphatic heterocycles. The monoisotopic (exact) mass is 404 g/mol. The molecular weight excluding hydrogens is 372 g/mol. The van der Waals surface area contributed by atoms with E-state index < -0.39 is 17.3 Å². The van der Waals surface area contributed by atoms with Crippen LogP contribution in [-0.2, 0) is 10.2 Å². The van der Waals surface area contributed by atoms with E-state index in [4.69, 9.17) is 14.5 Å². The molecule has 0 fully saturated rings. The average Bonchev–Trinajstić information content (AvgIpc) is 2.97. The fraction of sp³-hybridized carbons (Fsp3) is 0.636. The fourth-order valence-electron chi connectivity index (χ4n) is 4.02. The fourth-order valence-corrected chi connectivity index (χ4v) is 4.82. The lowest BCUT2D eigenvalue weighted by molar-refractivity contribution is 0.0418. The van der Waals surface area contributed by atoms with Gasteiger partial charge >= 0.3 is 6.09 Å². The van der Waals surface area contributed by atoms with Gasteiger partial charge in [-0.1, -0.05) is 6.92 Å². The number of nitrogens with zero attached hydrogens (tertiary/aromatic N) is 1. The van der Waals surface area contributed by atoms with E-state index in [9.17, 15) is 4.79 Å². The largest absolute Gasteiger partial charge is 0.484 e. The van der Waals surface area contributed by atoms with Crippen molar-refractivity contribution in [2.24, 2.45) is 4.99 Å². The molecule has 6 heteroatoms. The molecule has 0 saturated carbocycles. The summed E-state index contributed by atoms with van der Waals surface area (Å²) in [5.41, 5.74) is 3.31. The summed E-state index contributed by atoms with van der Waals surface area (Å²) in [6.07, 6.45) is 1.65. The Morgan fingerprint density at radius 3 is 2.57 bits per heavy atom. The molecule has 2 aliphatic rings. The first-order valence-corrected chi connectivity index (χ1v) is 11.0. The lowest BCUT2D eigenvalue weighted by Crippen LogP contribution is -2.47. The SMILES string of the molecule is CSC1=Nc2c(C)cc3c(c2C1(C)C)O[C@@](C)(CNC(=O)OC(C)(C)C)[C@H]3C. The van der Waals surface area contributed by atoms with Gasteiger partial charge in [-0.3, -0.25) is 0 Å². The first-order valence-electron chi connectivity index (χ1n) is 9.77. The van der Waals surface area contributed by atoms with Crippen LogP contribution in [0.3, 0.4) is 0 Å². The number of ether oxygens (including phenoxy) is 2. The second-order valence-corrected chi connectivity index (χ2v) is 10.4. The van der Waals surface area contributed by atoms with Crippen molar-refractivity contribution in [1.82, 2.24) is 5.32 Å².